The average Bonchev–Trinajstić information content (AvgIpc) is 3.10. The molecule has 3 rings (SSSR count). The quantitative estimate of drug-likeness (QED) is 0.691. The molecule has 0 saturated carbocycles. The van der Waals surface area contributed by atoms with Crippen LogP contribution in [0.15, 0.2) is 42.5 Å². The summed E-state index contributed by atoms with van der Waals surface area (Å²) in [6, 6.07) is 10.9. The van der Waals surface area contributed by atoms with Crippen LogP contribution in [0.3, 0.4) is 0 Å². The number of rotatable bonds is 7. The number of ether oxygens (including phenoxy) is 2. The number of carbonyl (C=O) groups excluding carboxylic acids is 2. The van der Waals surface area contributed by atoms with Crippen LogP contribution in [0, 0.1) is 0 Å². The summed E-state index contributed by atoms with van der Waals surface area (Å²) in [7, 11) is 3.04. The number of nitrogens with one attached hydrogen (secondary N) is 1. The smallest absolute Gasteiger partial charge is 0.248 e. The Morgan fingerprint density at radius 1 is 1.24 bits per heavy atom. The summed E-state index contributed by atoms with van der Waals surface area (Å²) in [5.41, 5.74) is 2.37. The molecule has 1 fully saturated rings. The highest BCUT2D eigenvalue weighted by Gasteiger charge is 2.20. The first-order valence-electron chi connectivity index (χ1n) is 9.27. The monoisotopic (exact) mass is 414 g/mol. The predicted molar refractivity (Wildman–Crippen MR) is 113 cm³/mol. The van der Waals surface area contributed by atoms with Crippen LogP contribution in [0.4, 0.5) is 5.69 Å². The van der Waals surface area contributed by atoms with Crippen LogP contribution in [0.5, 0.6) is 11.5 Å². The molecule has 0 aliphatic carbocycles. The van der Waals surface area contributed by atoms with Crippen LogP contribution in [0.1, 0.15) is 24.0 Å². The van der Waals surface area contributed by atoms with Crippen molar-refractivity contribution in [1.82, 2.24) is 4.90 Å². The molecule has 2 aromatic carbocycles. The third kappa shape index (κ3) is 5.29. The summed E-state index contributed by atoms with van der Waals surface area (Å²) in [6.07, 6.45) is 4.59. The molecule has 29 heavy (non-hydrogen) atoms. The van der Waals surface area contributed by atoms with E-state index >= 15 is 0 Å². The first kappa shape index (κ1) is 20.7. The van der Waals surface area contributed by atoms with E-state index < -0.39 is 0 Å². The second-order valence-corrected chi connectivity index (χ2v) is 7.09. The highest BCUT2D eigenvalue weighted by Crippen LogP contribution is 2.36. The average molecular weight is 415 g/mol. The van der Waals surface area contributed by atoms with E-state index in [0.717, 1.165) is 18.5 Å². The summed E-state index contributed by atoms with van der Waals surface area (Å²) >= 11 is 6.19. The van der Waals surface area contributed by atoms with Gasteiger partial charge >= 0.3 is 0 Å². The number of methoxy groups -OCH3 is 2. The zero-order chi connectivity index (χ0) is 20.8. The van der Waals surface area contributed by atoms with Crippen molar-refractivity contribution in [3.63, 3.8) is 0 Å². The van der Waals surface area contributed by atoms with Gasteiger partial charge in [-0.3, -0.25) is 9.59 Å². The van der Waals surface area contributed by atoms with Crippen molar-refractivity contribution in [3.8, 4) is 11.5 Å². The fourth-order valence-electron chi connectivity index (χ4n) is 3.23. The van der Waals surface area contributed by atoms with Crippen molar-refractivity contribution < 1.29 is 19.1 Å². The molecule has 152 valence electrons. The number of hydrogen-bond donors (Lipinski definition) is 1. The topological polar surface area (TPSA) is 67.9 Å². The van der Waals surface area contributed by atoms with E-state index in [0.29, 0.717) is 40.7 Å². The first-order valence-corrected chi connectivity index (χ1v) is 9.65. The van der Waals surface area contributed by atoms with Gasteiger partial charge in [-0.05, 0) is 47.9 Å². The lowest BCUT2D eigenvalue weighted by atomic mass is 10.1. The number of nitrogens with zero attached hydrogens (tertiary/aromatic N) is 1. The van der Waals surface area contributed by atoms with Gasteiger partial charge in [-0.1, -0.05) is 23.7 Å². The van der Waals surface area contributed by atoms with Gasteiger partial charge in [0.15, 0.2) is 11.5 Å². The Labute approximate surface area is 175 Å². The zero-order valence-electron chi connectivity index (χ0n) is 16.4. The van der Waals surface area contributed by atoms with E-state index in [-0.39, 0.29) is 11.8 Å². The Balaban J connectivity index is 1.65. The van der Waals surface area contributed by atoms with Gasteiger partial charge in [-0.2, -0.15) is 0 Å². The maximum atomic E-state index is 12.3. The van der Waals surface area contributed by atoms with Gasteiger partial charge in [0.25, 0.3) is 0 Å². The number of benzene rings is 2. The number of hydrogen-bond acceptors (Lipinski definition) is 4. The van der Waals surface area contributed by atoms with E-state index in [4.69, 9.17) is 21.1 Å². The minimum absolute atomic E-state index is 0.177. The van der Waals surface area contributed by atoms with Gasteiger partial charge in [0.1, 0.15) is 0 Å². The van der Waals surface area contributed by atoms with E-state index in [9.17, 15) is 9.59 Å². The van der Waals surface area contributed by atoms with E-state index in [1.54, 1.807) is 18.2 Å². The molecule has 1 saturated heterocycles. The van der Waals surface area contributed by atoms with Crippen molar-refractivity contribution in [2.75, 3.05) is 26.1 Å². The van der Waals surface area contributed by atoms with Crippen LogP contribution < -0.4 is 14.8 Å². The number of likely N-dealkylation sites (tertiary alicyclic amines) is 1. The highest BCUT2D eigenvalue weighted by atomic mass is 35.5. The summed E-state index contributed by atoms with van der Waals surface area (Å²) in [6.45, 7) is 1.34. The molecule has 2 amide bonds. The number of carbonyl (C=O) groups is 2. The molecule has 1 heterocycles. The molecule has 0 bridgehead atoms. The van der Waals surface area contributed by atoms with Crippen LogP contribution in [0.2, 0.25) is 5.02 Å². The third-order valence-corrected chi connectivity index (χ3v) is 4.90. The molecule has 1 aliphatic rings. The van der Waals surface area contributed by atoms with E-state index in [1.165, 1.54) is 20.3 Å². The molecular formula is C22H23ClN2O4. The number of halogens is 1. The van der Waals surface area contributed by atoms with Gasteiger partial charge in [0.2, 0.25) is 11.8 Å². The Bertz CT molecular complexity index is 942. The molecule has 0 atom stereocenters. The van der Waals surface area contributed by atoms with Crippen molar-refractivity contribution in [2.45, 2.75) is 19.4 Å². The van der Waals surface area contributed by atoms with Crippen molar-refractivity contribution >= 4 is 35.2 Å². The molecule has 0 spiro atoms. The minimum atomic E-state index is -0.273. The molecular weight excluding hydrogens is 392 g/mol. The molecule has 6 nitrogen and oxygen atoms in total. The van der Waals surface area contributed by atoms with Crippen molar-refractivity contribution in [3.05, 3.63) is 58.6 Å². The molecule has 1 N–H and O–H groups in total. The van der Waals surface area contributed by atoms with E-state index in [1.807, 2.05) is 29.2 Å². The highest BCUT2D eigenvalue weighted by molar-refractivity contribution is 6.32. The van der Waals surface area contributed by atoms with Crippen LogP contribution in [-0.2, 0) is 16.1 Å². The lowest BCUT2D eigenvalue weighted by Gasteiger charge is -2.16. The molecule has 0 aromatic heterocycles. The lowest BCUT2D eigenvalue weighted by molar-refractivity contribution is -0.128. The minimum Gasteiger partial charge on any atom is -0.493 e. The number of anilines is 1. The van der Waals surface area contributed by atoms with E-state index in [2.05, 4.69) is 5.32 Å². The largest absolute Gasteiger partial charge is 0.493 e. The van der Waals surface area contributed by atoms with Gasteiger partial charge in [0.05, 0.1) is 19.2 Å². The van der Waals surface area contributed by atoms with Crippen LogP contribution in [-0.4, -0.2) is 37.5 Å². The summed E-state index contributed by atoms with van der Waals surface area (Å²) in [5.74, 6) is 0.842. The van der Waals surface area contributed by atoms with Gasteiger partial charge in [0, 0.05) is 31.3 Å². The van der Waals surface area contributed by atoms with Gasteiger partial charge in [-0.15, -0.1) is 0 Å². The molecule has 0 radical (unpaired) electrons. The second kappa shape index (κ2) is 9.47. The molecule has 7 heteroatoms. The van der Waals surface area contributed by atoms with Crippen LogP contribution in [0.25, 0.3) is 6.08 Å². The Morgan fingerprint density at radius 3 is 2.76 bits per heavy atom. The van der Waals surface area contributed by atoms with Crippen molar-refractivity contribution in [2.24, 2.45) is 0 Å². The standard InChI is InChI=1S/C22H23ClN2O4/c1-28-19-13-15(12-18(23)22(19)29-2)8-9-20(26)24-17-6-3-5-16(11-17)14-25-10-4-7-21(25)27/h3,5-6,8-9,11-13H,4,7,10,14H2,1-2H3,(H,24,26)/b9-8+. The normalized spacial score (nSPS) is 13.8. The maximum Gasteiger partial charge on any atom is 0.248 e. The Hall–Kier alpha value is -2.99. The SMILES string of the molecule is COc1cc(/C=C/C(=O)Nc2cccc(CN3CCCC3=O)c2)cc(Cl)c1OC. The first-order chi connectivity index (χ1) is 14.0. The summed E-state index contributed by atoms with van der Waals surface area (Å²) in [4.78, 5) is 25.9. The van der Waals surface area contributed by atoms with Crippen molar-refractivity contribution in [1.29, 1.82) is 0 Å². The Kier molecular flexibility index (Phi) is 6.77. The zero-order valence-corrected chi connectivity index (χ0v) is 17.2. The molecule has 0 unspecified atom stereocenters. The fourth-order valence-corrected chi connectivity index (χ4v) is 3.53. The molecule has 2 aromatic rings. The second-order valence-electron chi connectivity index (χ2n) is 6.68. The number of amides is 2. The predicted octanol–water partition coefficient (Wildman–Crippen LogP) is 4.13. The summed E-state index contributed by atoms with van der Waals surface area (Å²) in [5, 5.41) is 3.24. The summed E-state index contributed by atoms with van der Waals surface area (Å²) < 4.78 is 10.5. The maximum absolute atomic E-state index is 12.3. The lowest BCUT2D eigenvalue weighted by Crippen LogP contribution is -2.23. The molecule has 1 aliphatic heterocycles. The van der Waals surface area contributed by atoms with Crippen LogP contribution >= 0.6 is 11.6 Å². The van der Waals surface area contributed by atoms with Gasteiger partial charge < -0.3 is 19.7 Å². The van der Waals surface area contributed by atoms with Gasteiger partial charge in [-0.25, -0.2) is 0 Å². The fraction of sp³-hybridized carbons (Fsp3) is 0.273. The Morgan fingerprint density at radius 2 is 2.07 bits per heavy atom. The third-order valence-electron chi connectivity index (χ3n) is 4.62.